The Bertz CT molecular complexity index is 4110. The van der Waals surface area contributed by atoms with E-state index in [9.17, 15) is 25.2 Å². The molecule has 16 heteroatoms. The lowest BCUT2D eigenvalue weighted by atomic mass is 9.55. The van der Waals surface area contributed by atoms with E-state index in [1.807, 2.05) is 27.7 Å². The number of rotatable bonds is 9. The number of esters is 1. The van der Waals surface area contributed by atoms with Gasteiger partial charge in [0.15, 0.2) is 18.3 Å². The van der Waals surface area contributed by atoms with E-state index in [4.69, 9.17) is 29.4 Å². The second-order valence-corrected chi connectivity index (χ2v) is 32.3. The molecule has 3 saturated carbocycles. The van der Waals surface area contributed by atoms with Crippen molar-refractivity contribution in [2.75, 3.05) is 46.0 Å². The number of allylic oxidation sites excluding steroid dienone is 3. The molecule has 5 aliphatic carbocycles. The maximum Gasteiger partial charge on any atom is 0.302 e. The number of hydrogen-bond donors (Lipinski definition) is 8. The number of nitrogens with one attached hydrogen (secondary N) is 3. The molecule has 0 radical (unpaired) electrons. The minimum atomic E-state index is -0.901. The fourth-order valence-electron chi connectivity index (χ4n) is 19.9. The van der Waals surface area contributed by atoms with Crippen LogP contribution < -0.4 is 35.9 Å². The third-order valence-electron chi connectivity index (χ3n) is 24.0. The fraction of sp³-hybridized carbons (Fsp3) is 0.494. The maximum absolute atomic E-state index is 14.1. The summed E-state index contributed by atoms with van der Waals surface area (Å²) in [7, 11) is 5.57. The molecular weight excluding hydrogens is 1250 g/mol. The van der Waals surface area contributed by atoms with Crippen LogP contribution in [-0.2, 0) is 50.9 Å². The van der Waals surface area contributed by atoms with Crippen LogP contribution in [0.4, 0.5) is 0 Å². The lowest BCUT2D eigenvalue weighted by Gasteiger charge is -2.49. The SMILES string of the molecule is COCC1C2C#CC3C#CC4=C(C=CC(N)N4)C(C4CCC5(Cc6cc(O)cc(OCO)c6-c6ccc7c(c65)OC(c5c6c(c(O)c(c53)CNCC1CO)OC1C(C=C6)NC3CCCC(CSSC1Cc1ccccc1)C3)C7COC(C)=O)C4)C1(CCCCC1)c1cccc(c1)C2. The molecule has 14 nitrogen and oxygen atoms in total. The van der Waals surface area contributed by atoms with E-state index in [0.717, 1.165) is 127 Å². The highest BCUT2D eigenvalue weighted by Crippen LogP contribution is 2.66. The van der Waals surface area contributed by atoms with Gasteiger partial charge in [-0.1, -0.05) is 150 Å². The van der Waals surface area contributed by atoms with Crippen molar-refractivity contribution in [3.63, 3.8) is 0 Å². The Morgan fingerprint density at radius 3 is 2.60 bits per heavy atom. The summed E-state index contributed by atoms with van der Waals surface area (Å²) in [6.07, 6.45) is 20.9. The molecular formula is C81H90N4O10S2. The summed E-state index contributed by atoms with van der Waals surface area (Å²) < 4.78 is 34.8. The number of carbonyl (C=O) groups excluding carboxylic acids is 1. The number of carbonyl (C=O) groups is 1. The molecule has 5 aromatic rings. The minimum absolute atomic E-state index is 0.0167. The number of methoxy groups -OCH3 is 1. The molecule has 6 aliphatic heterocycles. The molecule has 15 unspecified atom stereocenters. The van der Waals surface area contributed by atoms with Crippen LogP contribution in [0.15, 0.2) is 108 Å². The summed E-state index contributed by atoms with van der Waals surface area (Å²) in [6, 6.07) is 27.8. The molecule has 506 valence electrons. The Hall–Kier alpha value is -6.83. The van der Waals surface area contributed by atoms with Gasteiger partial charge in [0.25, 0.3) is 0 Å². The molecule has 15 atom stereocenters. The zero-order chi connectivity index (χ0) is 66.1. The smallest absolute Gasteiger partial charge is 0.302 e. The van der Waals surface area contributed by atoms with Crippen LogP contribution in [-0.4, -0.2) is 102 Å². The molecule has 16 rings (SSSR count). The zero-order valence-corrected chi connectivity index (χ0v) is 57.2. The first-order valence-corrected chi connectivity index (χ1v) is 38.1. The van der Waals surface area contributed by atoms with Crippen molar-refractivity contribution in [3.8, 4) is 63.6 Å². The number of fused-ring (bicyclic) bond motifs is 16. The lowest BCUT2D eigenvalue weighted by Crippen LogP contribution is -2.52. The van der Waals surface area contributed by atoms with E-state index in [1.54, 1.807) is 13.2 Å². The first-order valence-electron chi connectivity index (χ1n) is 35.7. The van der Waals surface area contributed by atoms with Crippen LogP contribution in [0, 0.1) is 59.2 Å². The van der Waals surface area contributed by atoms with Crippen molar-refractivity contribution >= 4 is 33.6 Å². The third kappa shape index (κ3) is 11.8. The number of aliphatic hydroxyl groups is 2. The van der Waals surface area contributed by atoms with Crippen LogP contribution in [0.5, 0.6) is 28.7 Å². The molecule has 1 saturated heterocycles. The van der Waals surface area contributed by atoms with E-state index in [2.05, 4.69) is 131 Å². The number of benzene rings is 5. The highest BCUT2D eigenvalue weighted by Gasteiger charge is 2.57. The van der Waals surface area contributed by atoms with Crippen LogP contribution in [0.2, 0.25) is 0 Å². The van der Waals surface area contributed by atoms with Gasteiger partial charge in [-0.2, -0.15) is 0 Å². The summed E-state index contributed by atoms with van der Waals surface area (Å²) >= 11 is 0. The zero-order valence-electron chi connectivity index (χ0n) is 55.6. The summed E-state index contributed by atoms with van der Waals surface area (Å²) in [6.45, 7) is 1.58. The van der Waals surface area contributed by atoms with Gasteiger partial charge in [0.2, 0.25) is 0 Å². The molecule has 4 fully saturated rings. The third-order valence-corrected chi connectivity index (χ3v) is 27.0. The topological polar surface area (TPSA) is 206 Å². The van der Waals surface area contributed by atoms with E-state index >= 15 is 0 Å². The first-order chi connectivity index (χ1) is 47.4. The summed E-state index contributed by atoms with van der Waals surface area (Å²) in [5.41, 5.74) is 19.0. The van der Waals surface area contributed by atoms with Gasteiger partial charge in [0.05, 0.1) is 35.7 Å². The second-order valence-electron chi connectivity index (χ2n) is 29.7. The number of phenolic OH excluding ortho intramolecular Hbond substituents is 2. The lowest BCUT2D eigenvalue weighted by molar-refractivity contribution is -0.141. The normalized spacial score (nSPS) is 31.5. The van der Waals surface area contributed by atoms with Gasteiger partial charge in [-0.05, 0) is 145 Å². The number of phenols is 2. The number of ether oxygens (including phenoxy) is 5. The molecule has 5 aromatic carbocycles. The highest BCUT2D eigenvalue weighted by atomic mass is 33.1. The van der Waals surface area contributed by atoms with Crippen molar-refractivity contribution in [1.82, 2.24) is 16.0 Å². The molecule has 11 bridgehead atoms. The number of hydrogen-bond acceptors (Lipinski definition) is 16. The van der Waals surface area contributed by atoms with Crippen molar-refractivity contribution in [2.45, 2.75) is 168 Å². The fourth-order valence-corrected chi connectivity index (χ4v) is 23.1. The quantitative estimate of drug-likeness (QED) is 0.0299. The Kier molecular flexibility index (Phi) is 18.1. The van der Waals surface area contributed by atoms with E-state index in [0.29, 0.717) is 65.9 Å². The van der Waals surface area contributed by atoms with Gasteiger partial charge in [-0.3, -0.25) is 4.79 Å². The largest absolute Gasteiger partial charge is 0.508 e. The molecule has 11 aliphatic rings. The van der Waals surface area contributed by atoms with E-state index in [-0.39, 0.29) is 83.6 Å². The van der Waals surface area contributed by atoms with Gasteiger partial charge in [-0.15, -0.1) is 0 Å². The van der Waals surface area contributed by atoms with E-state index in [1.165, 1.54) is 30.0 Å². The van der Waals surface area contributed by atoms with Gasteiger partial charge in [0.1, 0.15) is 42.0 Å². The average Bonchev–Trinajstić information content (AvgIpc) is 1.60. The van der Waals surface area contributed by atoms with Crippen molar-refractivity contribution in [3.05, 3.63) is 164 Å². The maximum atomic E-state index is 14.1. The molecule has 0 amide bonds. The standard InChI is InChI=1S/C81H90N4O10S2/c1-46(88)92-43-64-58-20-21-60-70-53(35-57(89)36-67(70)93-45-87)38-80-30-27-52(37-80)73-59-23-26-69(82)85-65(59)24-19-50-17-18-51(31-48-13-9-15-55(32-48)81(73)28-7-4-8-29-81)63(42-91-2)54(41-86)39-83-40-62-71(50)72(76(64)94-77(58)74(60)80)61-22-25-66-79(95-78(61)75(62)90)68(34-47-11-5-3-6-12-47)97-96-44-49-14-10-16-56(33-49)84-66/h3,5-6,9,11-13,15,20-23,25-26,32,35-36,49-52,54,56,63-64,66,68-69,73,76,79,83-87,89-90H,4,7-8,10,14,16,27-31,33-34,37-45,82H2,1-2H3. The van der Waals surface area contributed by atoms with Crippen molar-refractivity contribution in [1.29, 1.82) is 0 Å². The number of aromatic hydroxyl groups is 2. The summed E-state index contributed by atoms with van der Waals surface area (Å²) in [5.74, 6) is 16.1. The predicted octanol–water partition coefficient (Wildman–Crippen LogP) is 12.2. The van der Waals surface area contributed by atoms with Gasteiger partial charge in [0, 0.05) is 114 Å². The summed E-state index contributed by atoms with van der Waals surface area (Å²) in [5, 5.41) is 59.8. The predicted molar refractivity (Wildman–Crippen MR) is 380 cm³/mol. The molecule has 0 aromatic heterocycles. The van der Waals surface area contributed by atoms with Crippen LogP contribution in [0.25, 0.3) is 17.2 Å². The molecule has 9 N–H and O–H groups in total. The average molecular weight is 1340 g/mol. The Labute approximate surface area is 578 Å². The highest BCUT2D eigenvalue weighted by molar-refractivity contribution is 8.77. The number of aliphatic hydroxyl groups excluding tert-OH is 2. The van der Waals surface area contributed by atoms with Crippen molar-refractivity contribution in [2.24, 2.45) is 41.2 Å². The summed E-state index contributed by atoms with van der Waals surface area (Å²) in [4.78, 5) is 13.6. The van der Waals surface area contributed by atoms with E-state index < -0.39 is 48.4 Å². The van der Waals surface area contributed by atoms with Gasteiger partial charge < -0.3 is 65.8 Å². The van der Waals surface area contributed by atoms with Crippen LogP contribution in [0.3, 0.4) is 0 Å². The Morgan fingerprint density at radius 1 is 0.887 bits per heavy atom. The van der Waals surface area contributed by atoms with Gasteiger partial charge in [-0.25, -0.2) is 0 Å². The molecule has 97 heavy (non-hydrogen) atoms. The monoisotopic (exact) mass is 1340 g/mol. The number of dihydropyridines is 1. The minimum Gasteiger partial charge on any atom is -0.508 e. The van der Waals surface area contributed by atoms with Crippen LogP contribution >= 0.6 is 21.6 Å². The Balaban J connectivity index is 1.03. The second kappa shape index (κ2) is 27.0. The Morgan fingerprint density at radius 2 is 1.76 bits per heavy atom. The van der Waals surface area contributed by atoms with Crippen LogP contribution in [0.1, 0.15) is 158 Å². The first kappa shape index (κ1) is 64.8. The van der Waals surface area contributed by atoms with Crippen molar-refractivity contribution < 1.29 is 48.9 Å². The van der Waals surface area contributed by atoms with Gasteiger partial charge >= 0.3 is 5.97 Å². The molecule has 2 spiro atoms. The number of nitrogens with two attached hydrogens (primary N) is 1. The molecule has 6 heterocycles.